The molecule has 1 aromatic carbocycles. The molecule has 210 valence electrons. The van der Waals surface area contributed by atoms with E-state index in [0.717, 1.165) is 24.8 Å². The minimum Gasteiger partial charge on any atom is -0.481 e. The number of benzene rings is 1. The number of hydrogen-bond donors (Lipinski definition) is 5. The van der Waals surface area contributed by atoms with E-state index in [1.165, 1.54) is 4.90 Å². The lowest BCUT2D eigenvalue weighted by Gasteiger charge is -2.24. The molecule has 2 unspecified atom stereocenters. The Bertz CT molecular complexity index is 967. The molecule has 0 aromatic heterocycles. The van der Waals surface area contributed by atoms with Gasteiger partial charge < -0.3 is 26.0 Å². The molecule has 0 saturated heterocycles. The van der Waals surface area contributed by atoms with Crippen molar-refractivity contribution in [2.24, 2.45) is 5.92 Å². The molecule has 0 fully saturated rings. The summed E-state index contributed by atoms with van der Waals surface area (Å²) in [5.74, 6) is -3.91. The first kappa shape index (κ1) is 30.8. The van der Waals surface area contributed by atoms with E-state index in [4.69, 9.17) is 5.11 Å². The van der Waals surface area contributed by atoms with Gasteiger partial charge >= 0.3 is 11.9 Å². The van der Waals surface area contributed by atoms with Gasteiger partial charge in [0.05, 0.1) is 5.92 Å². The molecule has 0 bridgehead atoms. The van der Waals surface area contributed by atoms with Gasteiger partial charge in [-0.3, -0.25) is 28.9 Å². The Morgan fingerprint density at radius 2 is 1.68 bits per heavy atom. The van der Waals surface area contributed by atoms with Gasteiger partial charge in [-0.25, -0.2) is 0 Å². The van der Waals surface area contributed by atoms with Gasteiger partial charge in [0.1, 0.15) is 12.6 Å². The van der Waals surface area contributed by atoms with E-state index in [1.54, 1.807) is 12.1 Å². The average molecular weight is 534 g/mol. The number of nitrogens with one attached hydrogen (secondary N) is 2. The summed E-state index contributed by atoms with van der Waals surface area (Å²) in [5.41, 5.74) is 1.43. The normalized spacial score (nSPS) is 15.8. The Hall–Kier alpha value is -3.47. The lowest BCUT2D eigenvalue weighted by Crippen LogP contribution is -2.49. The van der Waals surface area contributed by atoms with E-state index < -0.39 is 36.4 Å². The lowest BCUT2D eigenvalue weighted by molar-refractivity contribution is -0.144. The molecule has 2 atom stereocenters. The third kappa shape index (κ3) is 10.5. The van der Waals surface area contributed by atoms with Crippen molar-refractivity contribution >= 4 is 35.3 Å². The van der Waals surface area contributed by atoms with Crippen LogP contribution < -0.4 is 15.5 Å². The van der Waals surface area contributed by atoms with Crippen molar-refractivity contribution in [1.82, 2.24) is 10.6 Å². The SMILES string of the molecule is O=C(O)CN1C(=O)C(NC(=O)CCCCCCCC(CC(=O)NCCCO)C(=O)O)CCc2ccccc21. The summed E-state index contributed by atoms with van der Waals surface area (Å²) >= 11 is 0. The number of aliphatic hydroxyl groups is 1. The highest BCUT2D eigenvalue weighted by molar-refractivity contribution is 6.03. The highest BCUT2D eigenvalue weighted by Gasteiger charge is 2.32. The van der Waals surface area contributed by atoms with Crippen molar-refractivity contribution in [3.63, 3.8) is 0 Å². The molecule has 11 heteroatoms. The summed E-state index contributed by atoms with van der Waals surface area (Å²) in [4.78, 5) is 61.4. The fourth-order valence-corrected chi connectivity index (χ4v) is 4.54. The zero-order valence-corrected chi connectivity index (χ0v) is 21.7. The van der Waals surface area contributed by atoms with Crippen LogP contribution in [0.5, 0.6) is 0 Å². The van der Waals surface area contributed by atoms with Crippen LogP contribution in [-0.4, -0.2) is 70.7 Å². The van der Waals surface area contributed by atoms with Gasteiger partial charge in [-0.1, -0.05) is 43.9 Å². The fourth-order valence-electron chi connectivity index (χ4n) is 4.54. The number of unbranched alkanes of at least 4 members (excludes halogenated alkanes) is 4. The molecular formula is C27H39N3O8. The van der Waals surface area contributed by atoms with E-state index >= 15 is 0 Å². The zero-order chi connectivity index (χ0) is 27.9. The minimum absolute atomic E-state index is 0.0385. The number of aryl methyl sites for hydroxylation is 1. The number of carbonyl (C=O) groups excluding carboxylic acids is 3. The van der Waals surface area contributed by atoms with Crippen molar-refractivity contribution in [1.29, 1.82) is 0 Å². The monoisotopic (exact) mass is 533 g/mol. The first-order valence-electron chi connectivity index (χ1n) is 13.2. The predicted molar refractivity (Wildman–Crippen MR) is 139 cm³/mol. The Balaban J connectivity index is 1.70. The van der Waals surface area contributed by atoms with Crippen molar-refractivity contribution in [2.45, 2.75) is 76.7 Å². The van der Waals surface area contributed by atoms with E-state index in [-0.39, 0.29) is 31.3 Å². The second-order valence-corrected chi connectivity index (χ2v) is 9.58. The van der Waals surface area contributed by atoms with Crippen LogP contribution in [0.3, 0.4) is 0 Å². The molecule has 11 nitrogen and oxygen atoms in total. The number of aliphatic hydroxyl groups excluding tert-OH is 1. The Labute approximate surface area is 222 Å². The second-order valence-electron chi connectivity index (χ2n) is 9.58. The van der Waals surface area contributed by atoms with Crippen LogP contribution in [0, 0.1) is 5.92 Å². The number of aliphatic carboxylic acids is 2. The number of fused-ring (bicyclic) bond motifs is 1. The van der Waals surface area contributed by atoms with Gasteiger partial charge in [0.2, 0.25) is 17.7 Å². The number of carboxylic acid groups (broad SMARTS) is 2. The molecule has 1 aliphatic heterocycles. The van der Waals surface area contributed by atoms with Crippen LogP contribution in [-0.2, 0) is 30.4 Å². The summed E-state index contributed by atoms with van der Waals surface area (Å²) < 4.78 is 0. The second kappa shape index (κ2) is 16.4. The standard InChI is InChI=1S/C27H39N3O8/c31-16-8-15-28-24(33)17-20(27(37)38)10-4-2-1-3-5-12-23(32)29-21-14-13-19-9-6-7-11-22(19)30(26(21)36)18-25(34)35/h6-7,9,11,20-21,31H,1-5,8,10,12-18H2,(H,28,33)(H,29,32)(H,34,35)(H,37,38). The molecular weight excluding hydrogens is 494 g/mol. The predicted octanol–water partition coefficient (Wildman–Crippen LogP) is 1.86. The summed E-state index contributed by atoms with van der Waals surface area (Å²) in [7, 11) is 0. The van der Waals surface area contributed by atoms with Crippen molar-refractivity contribution in [3.8, 4) is 0 Å². The number of hydrogen-bond acceptors (Lipinski definition) is 6. The van der Waals surface area contributed by atoms with E-state index in [0.29, 0.717) is 50.8 Å². The third-order valence-corrected chi connectivity index (χ3v) is 6.57. The lowest BCUT2D eigenvalue weighted by atomic mass is 9.97. The van der Waals surface area contributed by atoms with Crippen molar-refractivity contribution in [3.05, 3.63) is 29.8 Å². The number of rotatable bonds is 17. The van der Waals surface area contributed by atoms with Gasteiger partial charge in [-0.15, -0.1) is 0 Å². The third-order valence-electron chi connectivity index (χ3n) is 6.57. The maximum absolute atomic E-state index is 13.0. The van der Waals surface area contributed by atoms with Crippen LogP contribution in [0.1, 0.15) is 69.8 Å². The van der Waals surface area contributed by atoms with Crippen LogP contribution in [0.4, 0.5) is 5.69 Å². The van der Waals surface area contributed by atoms with Crippen molar-refractivity contribution < 1.29 is 39.3 Å². The quantitative estimate of drug-likeness (QED) is 0.189. The average Bonchev–Trinajstić information content (AvgIpc) is 2.99. The Morgan fingerprint density at radius 1 is 0.974 bits per heavy atom. The number of amides is 3. The van der Waals surface area contributed by atoms with Gasteiger partial charge in [-0.05, 0) is 43.7 Å². The topological polar surface area (TPSA) is 173 Å². The van der Waals surface area contributed by atoms with Gasteiger partial charge in [0.25, 0.3) is 0 Å². The molecule has 2 rings (SSSR count). The number of anilines is 1. The van der Waals surface area contributed by atoms with Crippen LogP contribution >= 0.6 is 0 Å². The summed E-state index contributed by atoms with van der Waals surface area (Å²) in [6.07, 6.45) is 5.53. The first-order chi connectivity index (χ1) is 18.2. The maximum Gasteiger partial charge on any atom is 0.323 e. The largest absolute Gasteiger partial charge is 0.481 e. The highest BCUT2D eigenvalue weighted by atomic mass is 16.4. The molecule has 0 spiro atoms. The summed E-state index contributed by atoms with van der Waals surface area (Å²) in [5, 5.41) is 32.7. The fraction of sp³-hybridized carbons (Fsp3) is 0.593. The highest BCUT2D eigenvalue weighted by Crippen LogP contribution is 2.27. The smallest absolute Gasteiger partial charge is 0.323 e. The van der Waals surface area contributed by atoms with Crippen LogP contribution in [0.15, 0.2) is 24.3 Å². The minimum atomic E-state index is -1.13. The Kier molecular flexibility index (Phi) is 13.3. The van der Waals surface area contributed by atoms with E-state index in [1.807, 2.05) is 12.1 Å². The summed E-state index contributed by atoms with van der Waals surface area (Å²) in [6, 6.07) is 6.37. The molecule has 0 saturated carbocycles. The number of carboxylic acids is 2. The molecule has 3 amide bonds. The van der Waals surface area contributed by atoms with Gasteiger partial charge in [-0.2, -0.15) is 0 Å². The van der Waals surface area contributed by atoms with E-state index in [2.05, 4.69) is 10.6 Å². The molecule has 0 radical (unpaired) electrons. The van der Waals surface area contributed by atoms with E-state index in [9.17, 15) is 34.2 Å². The van der Waals surface area contributed by atoms with Crippen molar-refractivity contribution in [2.75, 3.05) is 24.6 Å². The first-order valence-corrected chi connectivity index (χ1v) is 13.2. The number of para-hydroxylation sites is 1. The number of carbonyl (C=O) groups is 5. The molecule has 1 heterocycles. The molecule has 5 N–H and O–H groups in total. The van der Waals surface area contributed by atoms with Gasteiger partial charge in [0.15, 0.2) is 0 Å². The molecule has 38 heavy (non-hydrogen) atoms. The Morgan fingerprint density at radius 3 is 2.39 bits per heavy atom. The van der Waals surface area contributed by atoms with Gasteiger partial charge in [0, 0.05) is 31.7 Å². The summed E-state index contributed by atoms with van der Waals surface area (Å²) in [6.45, 7) is -0.194. The molecule has 1 aliphatic rings. The molecule has 1 aromatic rings. The number of nitrogens with zero attached hydrogens (tertiary/aromatic N) is 1. The zero-order valence-electron chi connectivity index (χ0n) is 21.7. The van der Waals surface area contributed by atoms with Crippen LogP contribution in [0.2, 0.25) is 0 Å². The van der Waals surface area contributed by atoms with Crippen LogP contribution in [0.25, 0.3) is 0 Å². The maximum atomic E-state index is 13.0. The molecule has 0 aliphatic carbocycles.